The highest BCUT2D eigenvalue weighted by atomic mass is 32.1. The second-order valence-corrected chi connectivity index (χ2v) is 8.86. The van der Waals surface area contributed by atoms with Gasteiger partial charge in [0.1, 0.15) is 0 Å². The zero-order valence-electron chi connectivity index (χ0n) is 14.3. The minimum Gasteiger partial charge on any atom is -0.387 e. The zero-order chi connectivity index (χ0) is 17.1. The van der Waals surface area contributed by atoms with Gasteiger partial charge >= 0.3 is 0 Å². The van der Waals surface area contributed by atoms with Crippen LogP contribution in [-0.2, 0) is 11.3 Å². The lowest BCUT2D eigenvalue weighted by atomic mass is 9.90. The van der Waals surface area contributed by atoms with Crippen LogP contribution in [0.2, 0.25) is 0 Å². The van der Waals surface area contributed by atoms with E-state index in [1.54, 1.807) is 11.3 Å². The minimum absolute atomic E-state index is 0.293. The predicted octanol–water partition coefficient (Wildman–Crippen LogP) is 2.99. The van der Waals surface area contributed by atoms with Gasteiger partial charge in [-0.1, -0.05) is 6.07 Å². The van der Waals surface area contributed by atoms with Crippen LogP contribution in [-0.4, -0.2) is 54.4 Å². The Morgan fingerprint density at radius 1 is 1.24 bits per heavy atom. The van der Waals surface area contributed by atoms with Crippen molar-refractivity contribution in [2.24, 2.45) is 5.92 Å². The van der Waals surface area contributed by atoms with Crippen LogP contribution in [0.5, 0.6) is 0 Å². The van der Waals surface area contributed by atoms with Crippen LogP contribution in [0, 0.1) is 5.92 Å². The van der Waals surface area contributed by atoms with E-state index in [1.807, 2.05) is 35.0 Å². The molecule has 4 heterocycles. The number of aliphatic hydroxyl groups excluding tert-OH is 1. The Kier molecular flexibility index (Phi) is 5.67. The van der Waals surface area contributed by atoms with Gasteiger partial charge in [0.25, 0.3) is 0 Å². The number of aliphatic hydroxyl groups is 1. The largest absolute Gasteiger partial charge is 0.387 e. The van der Waals surface area contributed by atoms with Crippen LogP contribution in [0.3, 0.4) is 0 Å². The third-order valence-corrected chi connectivity index (χ3v) is 7.10. The number of ether oxygens (including phenoxy) is 1. The molecule has 0 saturated carbocycles. The van der Waals surface area contributed by atoms with E-state index in [0.717, 1.165) is 68.8 Å². The van der Waals surface area contributed by atoms with Crippen molar-refractivity contribution in [1.82, 2.24) is 9.88 Å². The van der Waals surface area contributed by atoms with Gasteiger partial charge in [0.05, 0.1) is 19.3 Å². The zero-order valence-corrected chi connectivity index (χ0v) is 16.0. The van der Waals surface area contributed by atoms with Crippen molar-refractivity contribution in [3.05, 3.63) is 33.5 Å². The molecule has 0 amide bonds. The van der Waals surface area contributed by atoms with Crippen molar-refractivity contribution in [3.8, 4) is 0 Å². The molecule has 25 heavy (non-hydrogen) atoms. The Hall–Kier alpha value is -0.990. The fourth-order valence-corrected chi connectivity index (χ4v) is 5.42. The maximum absolute atomic E-state index is 10.5. The average Bonchev–Trinajstić information content (AvgIpc) is 3.35. The standard InChI is InChI=1S/C18H25N3O2S2/c22-17(16-2-1-11-24-16)14-3-5-20(6-4-14)13-15-12-19-18(25-15)21-7-9-23-10-8-21/h1-2,11-12,14,17,22H,3-10,13H2. The summed E-state index contributed by atoms with van der Waals surface area (Å²) in [5.74, 6) is 0.389. The Morgan fingerprint density at radius 3 is 2.76 bits per heavy atom. The van der Waals surface area contributed by atoms with E-state index in [9.17, 15) is 5.11 Å². The highest BCUT2D eigenvalue weighted by Gasteiger charge is 2.27. The van der Waals surface area contributed by atoms with Gasteiger partial charge in [-0.15, -0.1) is 22.7 Å². The molecule has 1 N–H and O–H groups in total. The third-order valence-electron chi connectivity index (χ3n) is 5.12. The van der Waals surface area contributed by atoms with Crippen molar-refractivity contribution in [3.63, 3.8) is 0 Å². The lowest BCUT2D eigenvalue weighted by Crippen LogP contribution is -2.36. The van der Waals surface area contributed by atoms with Gasteiger partial charge in [-0.2, -0.15) is 0 Å². The summed E-state index contributed by atoms with van der Waals surface area (Å²) >= 11 is 3.47. The fourth-order valence-electron chi connectivity index (χ4n) is 3.61. The normalized spacial score (nSPS) is 21.6. The summed E-state index contributed by atoms with van der Waals surface area (Å²) in [5.41, 5.74) is 0. The van der Waals surface area contributed by atoms with Gasteiger partial charge < -0.3 is 14.7 Å². The van der Waals surface area contributed by atoms with Gasteiger partial charge in [-0.05, 0) is 43.3 Å². The van der Waals surface area contributed by atoms with Gasteiger partial charge in [-0.3, -0.25) is 4.90 Å². The van der Waals surface area contributed by atoms with Crippen LogP contribution >= 0.6 is 22.7 Å². The van der Waals surface area contributed by atoms with Gasteiger partial charge in [0.2, 0.25) is 0 Å². The molecule has 2 fully saturated rings. The molecule has 5 nitrogen and oxygen atoms in total. The number of morpholine rings is 1. The first-order valence-electron chi connectivity index (χ1n) is 9.01. The van der Waals surface area contributed by atoms with E-state index in [0.29, 0.717) is 5.92 Å². The summed E-state index contributed by atoms with van der Waals surface area (Å²) in [4.78, 5) is 11.9. The molecule has 4 rings (SSSR count). The van der Waals surface area contributed by atoms with Crippen molar-refractivity contribution in [2.75, 3.05) is 44.3 Å². The number of nitrogens with zero attached hydrogens (tertiary/aromatic N) is 3. The number of likely N-dealkylation sites (tertiary alicyclic amines) is 1. The molecule has 2 aromatic heterocycles. The van der Waals surface area contributed by atoms with E-state index < -0.39 is 0 Å². The van der Waals surface area contributed by atoms with Gasteiger partial charge in [0, 0.05) is 35.6 Å². The van der Waals surface area contributed by atoms with Gasteiger partial charge in [0.15, 0.2) is 5.13 Å². The number of thiazole rings is 1. The molecule has 2 aliphatic heterocycles. The molecule has 0 radical (unpaired) electrons. The highest BCUT2D eigenvalue weighted by molar-refractivity contribution is 7.15. The molecule has 0 bridgehead atoms. The minimum atomic E-state index is -0.293. The van der Waals surface area contributed by atoms with Crippen LogP contribution < -0.4 is 4.90 Å². The molecule has 136 valence electrons. The van der Waals surface area contributed by atoms with E-state index >= 15 is 0 Å². The summed E-state index contributed by atoms with van der Waals surface area (Å²) in [6.45, 7) is 6.57. The quantitative estimate of drug-likeness (QED) is 0.865. The van der Waals surface area contributed by atoms with Crippen molar-refractivity contribution in [2.45, 2.75) is 25.5 Å². The van der Waals surface area contributed by atoms with Crippen molar-refractivity contribution < 1.29 is 9.84 Å². The summed E-state index contributed by atoms with van der Waals surface area (Å²) in [7, 11) is 0. The molecule has 2 aliphatic rings. The van der Waals surface area contributed by atoms with E-state index in [2.05, 4.69) is 14.8 Å². The number of thiophene rings is 1. The Bertz CT molecular complexity index is 647. The summed E-state index contributed by atoms with van der Waals surface area (Å²) in [5, 5.41) is 13.7. The Morgan fingerprint density at radius 2 is 2.04 bits per heavy atom. The molecule has 1 unspecified atom stereocenters. The first-order valence-corrected chi connectivity index (χ1v) is 10.7. The number of hydrogen-bond donors (Lipinski definition) is 1. The lowest BCUT2D eigenvalue weighted by molar-refractivity contribution is 0.0593. The number of rotatable bonds is 5. The average molecular weight is 380 g/mol. The molecule has 0 aliphatic carbocycles. The molecule has 0 aromatic carbocycles. The number of hydrogen-bond acceptors (Lipinski definition) is 7. The maximum Gasteiger partial charge on any atom is 0.185 e. The Labute approximate surface area is 156 Å². The summed E-state index contributed by atoms with van der Waals surface area (Å²) in [6, 6.07) is 4.07. The first-order chi connectivity index (χ1) is 12.3. The van der Waals surface area contributed by atoms with Crippen LogP contribution in [0.25, 0.3) is 0 Å². The van der Waals surface area contributed by atoms with Crippen LogP contribution in [0.4, 0.5) is 5.13 Å². The van der Waals surface area contributed by atoms with Crippen LogP contribution in [0.15, 0.2) is 23.7 Å². The highest BCUT2D eigenvalue weighted by Crippen LogP contribution is 2.33. The number of aromatic nitrogens is 1. The van der Waals surface area contributed by atoms with Gasteiger partial charge in [-0.25, -0.2) is 4.98 Å². The molecule has 0 spiro atoms. The van der Waals surface area contributed by atoms with Crippen LogP contribution in [0.1, 0.15) is 28.7 Å². The third kappa shape index (κ3) is 4.23. The van der Waals surface area contributed by atoms with Crippen molar-refractivity contribution in [1.29, 1.82) is 0 Å². The molecule has 2 aromatic rings. The van der Waals surface area contributed by atoms with E-state index in [1.165, 1.54) is 4.88 Å². The lowest BCUT2D eigenvalue weighted by Gasteiger charge is -2.33. The smallest absolute Gasteiger partial charge is 0.185 e. The number of piperidine rings is 1. The molecule has 7 heteroatoms. The molecular weight excluding hydrogens is 354 g/mol. The predicted molar refractivity (Wildman–Crippen MR) is 102 cm³/mol. The molecule has 2 saturated heterocycles. The Balaban J connectivity index is 1.28. The SMILES string of the molecule is OC(c1cccs1)C1CCN(Cc2cnc(N3CCOCC3)s2)CC1. The molecule has 1 atom stereocenters. The number of anilines is 1. The fraction of sp³-hybridized carbons (Fsp3) is 0.611. The summed E-state index contributed by atoms with van der Waals surface area (Å²) in [6.07, 6.45) is 3.86. The second kappa shape index (κ2) is 8.14. The monoisotopic (exact) mass is 379 g/mol. The van der Waals surface area contributed by atoms with Crippen molar-refractivity contribution >= 4 is 27.8 Å². The first kappa shape index (κ1) is 17.4. The second-order valence-electron chi connectivity index (χ2n) is 6.78. The van der Waals surface area contributed by atoms with E-state index in [4.69, 9.17) is 4.74 Å². The summed E-state index contributed by atoms with van der Waals surface area (Å²) < 4.78 is 5.41. The maximum atomic E-state index is 10.5. The topological polar surface area (TPSA) is 48.8 Å². The molecular formula is C18H25N3O2S2. The van der Waals surface area contributed by atoms with E-state index in [-0.39, 0.29) is 6.10 Å².